The van der Waals surface area contributed by atoms with Crippen LogP contribution in [0, 0.1) is 5.21 Å². The van der Waals surface area contributed by atoms with Crippen LogP contribution in [0.3, 0.4) is 0 Å². The van der Waals surface area contributed by atoms with E-state index < -0.39 is 0 Å². The number of ether oxygens (including phenoxy) is 1. The van der Waals surface area contributed by atoms with Crippen molar-refractivity contribution in [3.8, 4) is 0 Å². The molecule has 0 radical (unpaired) electrons. The van der Waals surface area contributed by atoms with Gasteiger partial charge in [-0.05, 0) is 13.8 Å². The highest BCUT2D eigenvalue weighted by Gasteiger charge is 2.30. The van der Waals surface area contributed by atoms with Gasteiger partial charge in [0.1, 0.15) is 18.7 Å². The molecule has 1 heterocycles. The van der Waals surface area contributed by atoms with Crippen LogP contribution in [0.1, 0.15) is 13.8 Å². The minimum Gasteiger partial charge on any atom is -0.633 e. The highest BCUT2D eigenvalue weighted by atomic mass is 16.6. The van der Waals surface area contributed by atoms with Crippen molar-refractivity contribution in [1.82, 2.24) is 0 Å². The molecule has 3 heteroatoms. The zero-order valence-corrected chi connectivity index (χ0v) is 6.83. The lowest BCUT2D eigenvalue weighted by Gasteiger charge is -2.49. The molecule has 0 N–H and O–H groups in total. The highest BCUT2D eigenvalue weighted by molar-refractivity contribution is 4.66. The average molecular weight is 145 g/mol. The normalized spacial score (nSPS) is 49.2. The number of likely N-dealkylation sites (N-methyl/N-ethyl adjacent to an activating group) is 1. The van der Waals surface area contributed by atoms with Crippen molar-refractivity contribution in [3.05, 3.63) is 5.21 Å². The molecule has 0 aromatic carbocycles. The molecule has 3 atom stereocenters. The molecule has 0 aliphatic carbocycles. The molecule has 0 aromatic heterocycles. The van der Waals surface area contributed by atoms with Crippen molar-refractivity contribution in [1.29, 1.82) is 0 Å². The van der Waals surface area contributed by atoms with Gasteiger partial charge in [-0.1, -0.05) is 0 Å². The van der Waals surface area contributed by atoms with Gasteiger partial charge in [0.2, 0.25) is 0 Å². The van der Waals surface area contributed by atoms with Crippen LogP contribution in [0.4, 0.5) is 0 Å². The van der Waals surface area contributed by atoms with Crippen LogP contribution < -0.4 is 0 Å². The third kappa shape index (κ3) is 1.31. The minimum atomic E-state index is -0.152. The molecule has 3 nitrogen and oxygen atoms in total. The van der Waals surface area contributed by atoms with E-state index in [2.05, 4.69) is 0 Å². The summed E-state index contributed by atoms with van der Waals surface area (Å²) in [5, 5.41) is 11.5. The molecular formula is C7H15NO2. The van der Waals surface area contributed by atoms with E-state index in [-0.39, 0.29) is 16.8 Å². The van der Waals surface area contributed by atoms with E-state index in [1.807, 2.05) is 13.8 Å². The molecule has 60 valence electrons. The van der Waals surface area contributed by atoms with Gasteiger partial charge in [-0.15, -0.1) is 0 Å². The van der Waals surface area contributed by atoms with Gasteiger partial charge in [0.05, 0.1) is 13.7 Å². The lowest BCUT2D eigenvalue weighted by Crippen LogP contribution is -2.57. The third-order valence-electron chi connectivity index (χ3n) is 2.46. The second-order valence-corrected chi connectivity index (χ2v) is 3.21. The monoisotopic (exact) mass is 145 g/mol. The molecule has 3 unspecified atom stereocenters. The Morgan fingerprint density at radius 3 is 2.50 bits per heavy atom. The number of hydroxylamine groups is 3. The zero-order valence-electron chi connectivity index (χ0n) is 6.83. The fourth-order valence-corrected chi connectivity index (χ4v) is 1.21. The first kappa shape index (κ1) is 7.98. The Morgan fingerprint density at radius 1 is 1.50 bits per heavy atom. The van der Waals surface area contributed by atoms with E-state index >= 15 is 0 Å². The molecule has 1 saturated heterocycles. The first-order valence-electron chi connectivity index (χ1n) is 3.72. The molecule has 1 aliphatic heterocycles. The fourth-order valence-electron chi connectivity index (χ4n) is 1.21. The average Bonchev–Trinajstić information content (AvgIpc) is 1.83. The van der Waals surface area contributed by atoms with E-state index in [9.17, 15) is 5.21 Å². The summed E-state index contributed by atoms with van der Waals surface area (Å²) in [5.74, 6) is 0. The van der Waals surface area contributed by atoms with Crippen LogP contribution in [0.25, 0.3) is 0 Å². The summed E-state index contributed by atoms with van der Waals surface area (Å²) in [6.45, 7) is 5.09. The molecule has 0 bridgehead atoms. The Bertz CT molecular complexity index is 125. The summed E-state index contributed by atoms with van der Waals surface area (Å²) in [5.41, 5.74) is 0. The molecule has 1 aliphatic rings. The first-order chi connectivity index (χ1) is 4.54. The third-order valence-corrected chi connectivity index (χ3v) is 2.46. The van der Waals surface area contributed by atoms with Gasteiger partial charge >= 0.3 is 0 Å². The van der Waals surface area contributed by atoms with Gasteiger partial charge in [0.25, 0.3) is 0 Å². The summed E-state index contributed by atoms with van der Waals surface area (Å²) in [7, 11) is 1.71. The molecular weight excluding hydrogens is 130 g/mol. The molecule has 0 amide bonds. The zero-order chi connectivity index (χ0) is 7.78. The molecule has 0 saturated carbocycles. The number of hydrogen-bond donors (Lipinski definition) is 0. The van der Waals surface area contributed by atoms with Gasteiger partial charge in [0.15, 0.2) is 0 Å². The number of morpholine rings is 1. The van der Waals surface area contributed by atoms with E-state index in [0.29, 0.717) is 13.2 Å². The predicted octanol–water partition coefficient (Wildman–Crippen LogP) is 0.738. The second-order valence-electron chi connectivity index (χ2n) is 3.21. The minimum absolute atomic E-state index is 0.0775. The smallest absolute Gasteiger partial charge is 0.112 e. The summed E-state index contributed by atoms with van der Waals surface area (Å²) in [6.07, 6.45) is 0.108. The van der Waals surface area contributed by atoms with Crippen LogP contribution >= 0.6 is 0 Å². The van der Waals surface area contributed by atoms with E-state index in [1.54, 1.807) is 7.05 Å². The molecule has 1 fully saturated rings. The molecule has 1 rings (SSSR count). The van der Waals surface area contributed by atoms with Crippen molar-refractivity contribution in [2.45, 2.75) is 26.0 Å². The number of nitrogens with zero attached hydrogens (tertiary/aromatic N) is 1. The van der Waals surface area contributed by atoms with Crippen molar-refractivity contribution < 1.29 is 9.38 Å². The van der Waals surface area contributed by atoms with Crippen LogP contribution in [-0.4, -0.2) is 37.0 Å². The first-order valence-corrected chi connectivity index (χ1v) is 3.72. The number of rotatable bonds is 0. The van der Waals surface area contributed by atoms with Crippen molar-refractivity contribution in [3.63, 3.8) is 0 Å². The lowest BCUT2D eigenvalue weighted by molar-refractivity contribution is -0.897. The lowest BCUT2D eigenvalue weighted by atomic mass is 10.1. The van der Waals surface area contributed by atoms with E-state index in [1.165, 1.54) is 0 Å². The summed E-state index contributed by atoms with van der Waals surface area (Å²) in [4.78, 5) is 0. The van der Waals surface area contributed by atoms with Crippen molar-refractivity contribution >= 4 is 0 Å². The van der Waals surface area contributed by atoms with Gasteiger partial charge < -0.3 is 14.6 Å². The maximum absolute atomic E-state index is 11.5. The molecule has 0 aromatic rings. The Kier molecular flexibility index (Phi) is 1.99. The molecule has 0 spiro atoms. The van der Waals surface area contributed by atoms with Crippen LogP contribution in [0.5, 0.6) is 0 Å². The van der Waals surface area contributed by atoms with Gasteiger partial charge in [-0.2, -0.15) is 0 Å². The maximum Gasteiger partial charge on any atom is 0.112 e. The fraction of sp³-hybridized carbons (Fsp3) is 1.00. The van der Waals surface area contributed by atoms with Crippen molar-refractivity contribution in [2.75, 3.05) is 20.2 Å². The van der Waals surface area contributed by atoms with E-state index in [4.69, 9.17) is 4.74 Å². The SMILES string of the molecule is CC1OCC[N+](C)([O-])C1C. The topological polar surface area (TPSA) is 32.3 Å². The maximum atomic E-state index is 11.5. The molecule has 10 heavy (non-hydrogen) atoms. The van der Waals surface area contributed by atoms with Gasteiger partial charge in [0, 0.05) is 0 Å². The quantitative estimate of drug-likeness (QED) is 0.372. The Labute approximate surface area is 61.8 Å². The Morgan fingerprint density at radius 2 is 2.10 bits per heavy atom. The predicted molar refractivity (Wildman–Crippen MR) is 39.3 cm³/mol. The second kappa shape index (κ2) is 2.49. The highest BCUT2D eigenvalue weighted by Crippen LogP contribution is 2.18. The summed E-state index contributed by atoms with van der Waals surface area (Å²) >= 11 is 0. The Hall–Kier alpha value is -0.120. The Balaban J connectivity index is 2.60. The largest absolute Gasteiger partial charge is 0.633 e. The van der Waals surface area contributed by atoms with E-state index in [0.717, 1.165) is 0 Å². The van der Waals surface area contributed by atoms with Crippen molar-refractivity contribution in [2.24, 2.45) is 0 Å². The summed E-state index contributed by atoms with van der Waals surface area (Å²) < 4.78 is 5.16. The van der Waals surface area contributed by atoms with Gasteiger partial charge in [-0.25, -0.2) is 0 Å². The van der Waals surface area contributed by atoms with Crippen LogP contribution in [0.2, 0.25) is 0 Å². The number of hydrogen-bond acceptors (Lipinski definition) is 2. The number of quaternary nitrogens is 1. The van der Waals surface area contributed by atoms with Gasteiger partial charge in [-0.3, -0.25) is 0 Å². The standard InChI is InChI=1S/C7H15NO2/c1-6-7(2)10-5-4-8(6,3)9/h6-7H,4-5H2,1-3H3. The van der Waals surface area contributed by atoms with Crippen LogP contribution in [-0.2, 0) is 4.74 Å². The van der Waals surface area contributed by atoms with Crippen LogP contribution in [0.15, 0.2) is 0 Å². The summed E-state index contributed by atoms with van der Waals surface area (Å²) in [6, 6.07) is 0.0775.